The van der Waals surface area contributed by atoms with E-state index in [1.54, 1.807) is 0 Å². The van der Waals surface area contributed by atoms with Crippen molar-refractivity contribution in [2.45, 2.75) is 26.7 Å². The Bertz CT molecular complexity index is 834. The highest BCUT2D eigenvalue weighted by Gasteiger charge is 2.19. The molecule has 0 radical (unpaired) electrons. The lowest BCUT2D eigenvalue weighted by Crippen LogP contribution is -2.41. The molecule has 2 saturated heterocycles. The van der Waals surface area contributed by atoms with E-state index in [9.17, 15) is 0 Å². The Labute approximate surface area is 166 Å². The van der Waals surface area contributed by atoms with Gasteiger partial charge in [0, 0.05) is 37.3 Å². The summed E-state index contributed by atoms with van der Waals surface area (Å²) in [6.45, 7) is 9.90. The quantitative estimate of drug-likeness (QED) is 0.794. The van der Waals surface area contributed by atoms with Gasteiger partial charge in [-0.3, -0.25) is 0 Å². The van der Waals surface area contributed by atoms with Crippen LogP contribution in [0.2, 0.25) is 0 Å². The molecule has 1 aromatic carbocycles. The van der Waals surface area contributed by atoms with Crippen molar-refractivity contribution in [3.05, 3.63) is 29.8 Å². The molecule has 5 nitrogen and oxygen atoms in total. The van der Waals surface area contributed by atoms with Gasteiger partial charge in [0.2, 0.25) is 0 Å². The lowest BCUT2D eigenvalue weighted by molar-refractivity contribution is 0.122. The van der Waals surface area contributed by atoms with Crippen molar-refractivity contribution < 1.29 is 4.74 Å². The van der Waals surface area contributed by atoms with Gasteiger partial charge < -0.3 is 19.9 Å². The van der Waals surface area contributed by atoms with Crippen molar-refractivity contribution in [3.8, 4) is 0 Å². The van der Waals surface area contributed by atoms with Crippen molar-refractivity contribution in [1.29, 1.82) is 0 Å². The summed E-state index contributed by atoms with van der Waals surface area (Å²) in [5.74, 6) is 1.75. The summed E-state index contributed by atoms with van der Waals surface area (Å²) in [7, 11) is 0. The number of pyridine rings is 1. The number of nitrogens with zero attached hydrogens (tertiary/aromatic N) is 3. The molecule has 1 atom stereocenters. The van der Waals surface area contributed by atoms with Gasteiger partial charge in [-0.2, -0.15) is 0 Å². The average Bonchev–Trinajstić information content (AvgIpc) is 2.69. The van der Waals surface area contributed by atoms with E-state index in [0.29, 0.717) is 5.92 Å². The maximum absolute atomic E-state index is 5.65. The van der Waals surface area contributed by atoms with Gasteiger partial charge in [-0.25, -0.2) is 4.98 Å². The van der Waals surface area contributed by atoms with Gasteiger partial charge in [0.15, 0.2) is 5.11 Å². The van der Waals surface area contributed by atoms with E-state index in [4.69, 9.17) is 21.9 Å². The number of rotatable bonds is 2. The summed E-state index contributed by atoms with van der Waals surface area (Å²) in [5, 5.41) is 5.44. The molecule has 1 unspecified atom stereocenters. The summed E-state index contributed by atoms with van der Waals surface area (Å²) in [6.07, 6.45) is 2.51. The SMILES string of the molecule is Cc1cc(N2CCOCC2)nc2ccc(NC(=S)N3CCCC(C)C3)cc12. The Hall–Kier alpha value is -1.92. The number of morpholine rings is 1. The molecule has 144 valence electrons. The Kier molecular flexibility index (Phi) is 5.45. The highest BCUT2D eigenvalue weighted by atomic mass is 32.1. The Morgan fingerprint density at radius 1 is 1.22 bits per heavy atom. The second kappa shape index (κ2) is 7.98. The van der Waals surface area contributed by atoms with Crippen LogP contribution in [-0.2, 0) is 4.74 Å². The molecule has 27 heavy (non-hydrogen) atoms. The Morgan fingerprint density at radius 3 is 2.81 bits per heavy atom. The minimum atomic E-state index is 0.708. The molecular formula is C21H28N4OS. The molecule has 6 heteroatoms. The lowest BCUT2D eigenvalue weighted by atomic mass is 10.0. The number of likely N-dealkylation sites (tertiary alicyclic amines) is 1. The molecule has 3 heterocycles. The van der Waals surface area contributed by atoms with E-state index in [1.807, 2.05) is 0 Å². The molecule has 0 saturated carbocycles. The molecule has 0 aliphatic carbocycles. The first-order chi connectivity index (χ1) is 13.1. The number of aryl methyl sites for hydroxylation is 1. The van der Waals surface area contributed by atoms with Crippen LogP contribution in [0, 0.1) is 12.8 Å². The van der Waals surface area contributed by atoms with Crippen LogP contribution in [-0.4, -0.2) is 54.4 Å². The summed E-state index contributed by atoms with van der Waals surface area (Å²) >= 11 is 5.65. The lowest BCUT2D eigenvalue weighted by Gasteiger charge is -2.33. The van der Waals surface area contributed by atoms with Crippen LogP contribution >= 0.6 is 12.2 Å². The number of piperidine rings is 1. The third-order valence-electron chi connectivity index (χ3n) is 5.53. The topological polar surface area (TPSA) is 40.6 Å². The van der Waals surface area contributed by atoms with Gasteiger partial charge in [0.25, 0.3) is 0 Å². The summed E-state index contributed by atoms with van der Waals surface area (Å²) in [5.41, 5.74) is 3.30. The van der Waals surface area contributed by atoms with E-state index < -0.39 is 0 Å². The van der Waals surface area contributed by atoms with Crippen LogP contribution in [0.3, 0.4) is 0 Å². The first kappa shape index (κ1) is 18.4. The van der Waals surface area contributed by atoms with Crippen LogP contribution in [0.4, 0.5) is 11.5 Å². The molecule has 1 N–H and O–H groups in total. The maximum Gasteiger partial charge on any atom is 0.173 e. The molecule has 2 aromatic rings. The number of nitrogens with one attached hydrogen (secondary N) is 1. The fourth-order valence-electron chi connectivity index (χ4n) is 3.99. The third-order valence-corrected chi connectivity index (χ3v) is 5.89. The van der Waals surface area contributed by atoms with E-state index in [0.717, 1.165) is 61.5 Å². The smallest absolute Gasteiger partial charge is 0.173 e. The van der Waals surface area contributed by atoms with Crippen LogP contribution < -0.4 is 10.2 Å². The molecule has 0 amide bonds. The van der Waals surface area contributed by atoms with E-state index in [-0.39, 0.29) is 0 Å². The van der Waals surface area contributed by atoms with Crippen molar-refractivity contribution in [3.63, 3.8) is 0 Å². The van der Waals surface area contributed by atoms with Crippen LogP contribution in [0.1, 0.15) is 25.3 Å². The fourth-order valence-corrected chi connectivity index (χ4v) is 4.27. The first-order valence-corrected chi connectivity index (χ1v) is 10.3. The number of fused-ring (bicyclic) bond motifs is 1. The summed E-state index contributed by atoms with van der Waals surface area (Å²) in [6, 6.07) is 8.52. The first-order valence-electron chi connectivity index (χ1n) is 9.90. The normalized spacial score (nSPS) is 20.7. The molecule has 2 fully saturated rings. The summed E-state index contributed by atoms with van der Waals surface area (Å²) < 4.78 is 5.45. The maximum atomic E-state index is 5.65. The second-order valence-corrected chi connectivity index (χ2v) is 8.14. The number of thiocarbonyl (C=S) groups is 1. The van der Waals surface area contributed by atoms with Gasteiger partial charge in [-0.1, -0.05) is 6.92 Å². The van der Waals surface area contributed by atoms with E-state index >= 15 is 0 Å². The average molecular weight is 385 g/mol. The molecule has 0 bridgehead atoms. The zero-order valence-corrected chi connectivity index (χ0v) is 17.0. The van der Waals surface area contributed by atoms with Crippen molar-refractivity contribution in [1.82, 2.24) is 9.88 Å². The molecule has 2 aliphatic rings. The van der Waals surface area contributed by atoms with Crippen molar-refractivity contribution in [2.24, 2.45) is 5.92 Å². The van der Waals surface area contributed by atoms with Crippen molar-refractivity contribution in [2.75, 3.05) is 49.6 Å². The predicted molar refractivity (Wildman–Crippen MR) is 116 cm³/mol. The number of anilines is 2. The minimum absolute atomic E-state index is 0.708. The molecule has 0 spiro atoms. The standard InChI is InChI=1S/C21H28N4OS/c1-15-4-3-7-25(14-15)21(27)22-17-5-6-19-18(13-17)16(2)12-20(23-19)24-8-10-26-11-9-24/h5-6,12-13,15H,3-4,7-11,14H2,1-2H3,(H,22,27). The van der Waals surface area contributed by atoms with Crippen LogP contribution in [0.5, 0.6) is 0 Å². The van der Waals surface area contributed by atoms with Gasteiger partial charge in [-0.05, 0) is 67.7 Å². The number of hydrogen-bond acceptors (Lipinski definition) is 4. The van der Waals surface area contributed by atoms with E-state index in [1.165, 1.54) is 23.8 Å². The number of aromatic nitrogens is 1. The fraction of sp³-hybridized carbons (Fsp3) is 0.524. The van der Waals surface area contributed by atoms with Gasteiger partial charge in [-0.15, -0.1) is 0 Å². The number of hydrogen-bond donors (Lipinski definition) is 1. The van der Waals surface area contributed by atoms with Crippen molar-refractivity contribution >= 4 is 39.7 Å². The van der Waals surface area contributed by atoms with Gasteiger partial charge in [0.1, 0.15) is 5.82 Å². The van der Waals surface area contributed by atoms with Crippen LogP contribution in [0.15, 0.2) is 24.3 Å². The zero-order valence-electron chi connectivity index (χ0n) is 16.2. The zero-order chi connectivity index (χ0) is 18.8. The minimum Gasteiger partial charge on any atom is -0.378 e. The number of benzene rings is 1. The molecule has 1 aromatic heterocycles. The Balaban J connectivity index is 1.53. The molecule has 4 rings (SSSR count). The second-order valence-electron chi connectivity index (χ2n) is 7.75. The highest BCUT2D eigenvalue weighted by molar-refractivity contribution is 7.80. The molecular weight excluding hydrogens is 356 g/mol. The summed E-state index contributed by atoms with van der Waals surface area (Å²) in [4.78, 5) is 9.47. The monoisotopic (exact) mass is 384 g/mol. The van der Waals surface area contributed by atoms with E-state index in [2.05, 4.69) is 53.2 Å². The largest absolute Gasteiger partial charge is 0.378 e. The Morgan fingerprint density at radius 2 is 2.04 bits per heavy atom. The van der Waals surface area contributed by atoms with Crippen LogP contribution in [0.25, 0.3) is 10.9 Å². The highest BCUT2D eigenvalue weighted by Crippen LogP contribution is 2.26. The number of ether oxygens (including phenoxy) is 1. The molecule has 2 aliphatic heterocycles. The van der Waals surface area contributed by atoms with Gasteiger partial charge >= 0.3 is 0 Å². The predicted octanol–water partition coefficient (Wildman–Crippen LogP) is 3.81. The van der Waals surface area contributed by atoms with Gasteiger partial charge in [0.05, 0.1) is 18.7 Å². The third kappa shape index (κ3) is 4.17.